The molecule has 0 saturated heterocycles. The van der Waals surface area contributed by atoms with Crippen molar-refractivity contribution < 1.29 is 4.39 Å². The molecule has 0 unspecified atom stereocenters. The molecule has 0 radical (unpaired) electrons. The molecule has 1 aliphatic rings. The lowest BCUT2D eigenvalue weighted by Crippen LogP contribution is -2.34. The van der Waals surface area contributed by atoms with E-state index in [4.69, 9.17) is 5.73 Å². The van der Waals surface area contributed by atoms with Crippen molar-refractivity contribution in [2.75, 3.05) is 0 Å². The van der Waals surface area contributed by atoms with Crippen LogP contribution in [-0.2, 0) is 12.7 Å². The zero-order chi connectivity index (χ0) is 10.2. The quantitative estimate of drug-likeness (QED) is 0.728. The highest BCUT2D eigenvalue weighted by Crippen LogP contribution is 2.38. The van der Waals surface area contributed by atoms with Crippen molar-refractivity contribution >= 4 is 0 Å². The van der Waals surface area contributed by atoms with Crippen LogP contribution < -0.4 is 5.73 Å². The first-order valence-corrected chi connectivity index (χ1v) is 4.91. The van der Waals surface area contributed by atoms with Crippen LogP contribution in [0.15, 0.2) is 6.20 Å². The number of hydrogen-bond acceptors (Lipinski definition) is 3. The fraction of sp³-hybridized carbons (Fsp3) is 0.778. The SMILES string of the molecule is Cn1ncc(C2(F)CCC(N)CC2)n1. The van der Waals surface area contributed by atoms with Gasteiger partial charge in [0.25, 0.3) is 0 Å². The summed E-state index contributed by atoms with van der Waals surface area (Å²) in [5.41, 5.74) is 4.88. The fourth-order valence-electron chi connectivity index (χ4n) is 1.90. The Labute approximate surface area is 82.3 Å². The van der Waals surface area contributed by atoms with Gasteiger partial charge in [-0.2, -0.15) is 15.0 Å². The zero-order valence-corrected chi connectivity index (χ0v) is 8.28. The standard InChI is InChI=1S/C9H15FN4/c1-14-12-6-8(13-14)9(10)4-2-7(11)3-5-9/h6-7H,2-5,11H2,1H3. The van der Waals surface area contributed by atoms with E-state index in [1.54, 1.807) is 7.05 Å². The van der Waals surface area contributed by atoms with Crippen LogP contribution in [0.2, 0.25) is 0 Å². The van der Waals surface area contributed by atoms with E-state index in [1.807, 2.05) is 0 Å². The van der Waals surface area contributed by atoms with Crippen LogP contribution in [0.3, 0.4) is 0 Å². The van der Waals surface area contributed by atoms with Gasteiger partial charge in [-0.15, -0.1) is 0 Å². The second kappa shape index (κ2) is 3.31. The minimum Gasteiger partial charge on any atom is -0.328 e. The summed E-state index contributed by atoms with van der Waals surface area (Å²) in [5, 5.41) is 7.91. The monoisotopic (exact) mass is 198 g/mol. The van der Waals surface area contributed by atoms with Crippen LogP contribution >= 0.6 is 0 Å². The molecule has 1 saturated carbocycles. The summed E-state index contributed by atoms with van der Waals surface area (Å²) in [6.45, 7) is 0. The van der Waals surface area contributed by atoms with Crippen LogP contribution in [0.1, 0.15) is 31.4 Å². The summed E-state index contributed by atoms with van der Waals surface area (Å²) in [6.07, 6.45) is 3.90. The molecule has 4 nitrogen and oxygen atoms in total. The predicted octanol–water partition coefficient (Wildman–Crippen LogP) is 0.881. The topological polar surface area (TPSA) is 56.7 Å². The Morgan fingerprint density at radius 1 is 1.57 bits per heavy atom. The van der Waals surface area contributed by atoms with Gasteiger partial charge in [-0.25, -0.2) is 4.39 Å². The zero-order valence-electron chi connectivity index (χ0n) is 8.28. The highest BCUT2D eigenvalue weighted by atomic mass is 19.1. The summed E-state index contributed by atoms with van der Waals surface area (Å²) in [7, 11) is 1.70. The van der Waals surface area contributed by atoms with Crippen LogP contribution in [-0.4, -0.2) is 21.0 Å². The third-order valence-corrected chi connectivity index (χ3v) is 2.88. The smallest absolute Gasteiger partial charge is 0.156 e. The lowest BCUT2D eigenvalue weighted by Gasteiger charge is -2.30. The van der Waals surface area contributed by atoms with Crippen molar-refractivity contribution in [3.8, 4) is 0 Å². The molecule has 2 N–H and O–H groups in total. The molecule has 0 spiro atoms. The third-order valence-electron chi connectivity index (χ3n) is 2.88. The first-order valence-electron chi connectivity index (χ1n) is 4.91. The second-order valence-electron chi connectivity index (χ2n) is 4.02. The van der Waals surface area contributed by atoms with Gasteiger partial charge in [0.15, 0.2) is 5.67 Å². The van der Waals surface area contributed by atoms with Crippen LogP contribution in [0.25, 0.3) is 0 Å². The van der Waals surface area contributed by atoms with Gasteiger partial charge in [0.1, 0.15) is 5.69 Å². The molecule has 0 aromatic carbocycles. The molecule has 0 atom stereocenters. The molecule has 1 heterocycles. The Hall–Kier alpha value is -0.970. The number of halogens is 1. The maximum absolute atomic E-state index is 14.3. The predicted molar refractivity (Wildman–Crippen MR) is 50.2 cm³/mol. The van der Waals surface area contributed by atoms with Crippen molar-refractivity contribution in [1.29, 1.82) is 0 Å². The third kappa shape index (κ3) is 1.64. The molecule has 1 aromatic heterocycles. The van der Waals surface area contributed by atoms with E-state index in [1.165, 1.54) is 11.0 Å². The first-order chi connectivity index (χ1) is 6.60. The second-order valence-corrected chi connectivity index (χ2v) is 4.02. The molecule has 1 fully saturated rings. The highest BCUT2D eigenvalue weighted by Gasteiger charge is 2.38. The van der Waals surface area contributed by atoms with Gasteiger partial charge in [-0.1, -0.05) is 0 Å². The molecule has 78 valence electrons. The highest BCUT2D eigenvalue weighted by molar-refractivity contribution is 5.08. The van der Waals surface area contributed by atoms with Crippen molar-refractivity contribution in [3.63, 3.8) is 0 Å². The van der Waals surface area contributed by atoms with Gasteiger partial charge in [0.05, 0.1) is 6.20 Å². The normalized spacial score (nSPS) is 33.2. The molecule has 0 bridgehead atoms. The van der Waals surface area contributed by atoms with Gasteiger partial charge >= 0.3 is 0 Å². The molecule has 0 aliphatic heterocycles. The average Bonchev–Trinajstić information content (AvgIpc) is 2.58. The lowest BCUT2D eigenvalue weighted by molar-refractivity contribution is 0.0922. The number of nitrogens with zero attached hydrogens (tertiary/aromatic N) is 3. The van der Waals surface area contributed by atoms with Gasteiger partial charge in [-0.05, 0) is 25.7 Å². The van der Waals surface area contributed by atoms with Gasteiger partial charge in [0, 0.05) is 13.1 Å². The van der Waals surface area contributed by atoms with Crippen LogP contribution in [0, 0.1) is 0 Å². The summed E-state index contributed by atoms with van der Waals surface area (Å²) < 4.78 is 14.3. The number of hydrogen-bond donors (Lipinski definition) is 1. The van der Waals surface area contributed by atoms with E-state index in [0.717, 1.165) is 12.8 Å². The summed E-state index contributed by atoms with van der Waals surface area (Å²) in [5.74, 6) is 0. The minimum atomic E-state index is -1.30. The Bertz CT molecular complexity index is 314. The van der Waals surface area contributed by atoms with Gasteiger partial charge < -0.3 is 5.73 Å². The summed E-state index contributed by atoms with van der Waals surface area (Å²) >= 11 is 0. The van der Waals surface area contributed by atoms with Gasteiger partial charge in [-0.3, -0.25) is 0 Å². The number of aryl methyl sites for hydroxylation is 1. The Balaban J connectivity index is 2.16. The number of rotatable bonds is 1. The van der Waals surface area contributed by atoms with Crippen LogP contribution in [0.5, 0.6) is 0 Å². The van der Waals surface area contributed by atoms with E-state index in [0.29, 0.717) is 18.5 Å². The van der Waals surface area contributed by atoms with E-state index in [9.17, 15) is 4.39 Å². The molecule has 1 aromatic rings. The molecular formula is C9H15FN4. The first kappa shape index (κ1) is 9.58. The molecule has 5 heteroatoms. The molecule has 2 rings (SSSR count). The summed E-state index contributed by atoms with van der Waals surface area (Å²) in [6, 6.07) is 0.149. The number of alkyl halides is 1. The Morgan fingerprint density at radius 2 is 2.21 bits per heavy atom. The van der Waals surface area contributed by atoms with Crippen LogP contribution in [0.4, 0.5) is 4.39 Å². The van der Waals surface area contributed by atoms with Crippen molar-refractivity contribution in [2.24, 2.45) is 12.8 Å². The molecule has 1 aliphatic carbocycles. The molecule has 14 heavy (non-hydrogen) atoms. The van der Waals surface area contributed by atoms with Gasteiger partial charge in [0.2, 0.25) is 0 Å². The van der Waals surface area contributed by atoms with E-state index in [2.05, 4.69) is 10.2 Å². The van der Waals surface area contributed by atoms with Crippen molar-refractivity contribution in [3.05, 3.63) is 11.9 Å². The van der Waals surface area contributed by atoms with Crippen molar-refractivity contribution in [2.45, 2.75) is 37.4 Å². The minimum absolute atomic E-state index is 0.149. The molecular weight excluding hydrogens is 183 g/mol. The van der Waals surface area contributed by atoms with Crippen molar-refractivity contribution in [1.82, 2.24) is 15.0 Å². The molecule has 0 amide bonds. The van der Waals surface area contributed by atoms with E-state index < -0.39 is 5.67 Å². The summed E-state index contributed by atoms with van der Waals surface area (Å²) in [4.78, 5) is 1.39. The Kier molecular flexibility index (Phi) is 2.26. The van der Waals surface area contributed by atoms with E-state index in [-0.39, 0.29) is 6.04 Å². The maximum Gasteiger partial charge on any atom is 0.156 e. The largest absolute Gasteiger partial charge is 0.328 e. The number of aromatic nitrogens is 3. The number of nitrogens with two attached hydrogens (primary N) is 1. The lowest BCUT2D eigenvalue weighted by atomic mass is 9.82. The average molecular weight is 198 g/mol. The maximum atomic E-state index is 14.3. The van der Waals surface area contributed by atoms with E-state index >= 15 is 0 Å². The Morgan fingerprint density at radius 3 is 2.71 bits per heavy atom. The fourth-order valence-corrected chi connectivity index (χ4v) is 1.90.